The largest absolute Gasteiger partial charge is 0.462 e. The van der Waals surface area contributed by atoms with Crippen molar-refractivity contribution in [1.29, 1.82) is 0 Å². The molecule has 2 saturated carbocycles. The van der Waals surface area contributed by atoms with Crippen molar-refractivity contribution >= 4 is 14.0 Å². The Morgan fingerprint density at radius 1 is 1.14 bits per heavy atom. The van der Waals surface area contributed by atoms with Crippen LogP contribution < -0.4 is 0 Å². The molecule has 1 aromatic carbocycles. The van der Waals surface area contributed by atoms with Crippen LogP contribution in [0.5, 0.6) is 0 Å². The molecule has 6 atom stereocenters. The molecule has 0 aromatic heterocycles. The summed E-state index contributed by atoms with van der Waals surface area (Å²) >= 11 is 0. The van der Waals surface area contributed by atoms with Crippen LogP contribution in [0.4, 0.5) is 0 Å². The second-order valence-corrected chi connectivity index (χ2v) is 15.6. The van der Waals surface area contributed by atoms with Crippen LogP contribution in [0.2, 0.25) is 19.6 Å². The molecule has 0 aliphatic heterocycles. The van der Waals surface area contributed by atoms with Crippen LogP contribution in [-0.2, 0) is 9.53 Å². The van der Waals surface area contributed by atoms with E-state index in [2.05, 4.69) is 76.5 Å². The third-order valence-electron chi connectivity index (χ3n) is 6.58. The molecule has 1 aromatic rings. The first-order valence-corrected chi connectivity index (χ1v) is 14.7. The van der Waals surface area contributed by atoms with Gasteiger partial charge in [0.1, 0.15) is 6.10 Å². The minimum atomic E-state index is -1.29. The van der Waals surface area contributed by atoms with Crippen LogP contribution >= 0.6 is 0 Å². The summed E-state index contributed by atoms with van der Waals surface area (Å²) in [5, 5.41) is 0. The van der Waals surface area contributed by atoms with Gasteiger partial charge < -0.3 is 4.74 Å². The smallest absolute Gasteiger partial charge is 0.310 e. The van der Waals surface area contributed by atoms with Gasteiger partial charge in [-0.25, -0.2) is 0 Å². The highest BCUT2D eigenvalue weighted by molar-refractivity contribution is 6.80. The van der Waals surface area contributed by atoms with Gasteiger partial charge in [-0.3, -0.25) is 4.79 Å². The Bertz CT molecular complexity index is 688. The van der Waals surface area contributed by atoms with Crippen molar-refractivity contribution in [3.05, 3.63) is 47.7 Å². The SMILES string of the molecule is CC(C)[C@@H]1CC[C@@H](C)C[C@H]1OC(=O)[C@@H]1[C@@H](/C=C/[Si](C)(C)C)[C@H]1c1ccccc1. The van der Waals surface area contributed by atoms with Crippen LogP contribution in [0.25, 0.3) is 0 Å². The van der Waals surface area contributed by atoms with Crippen LogP contribution in [0.1, 0.15) is 51.5 Å². The summed E-state index contributed by atoms with van der Waals surface area (Å²) in [6, 6.07) is 10.5. The van der Waals surface area contributed by atoms with Crippen molar-refractivity contribution < 1.29 is 9.53 Å². The van der Waals surface area contributed by atoms with Gasteiger partial charge in [-0.2, -0.15) is 0 Å². The third-order valence-corrected chi connectivity index (χ3v) is 7.77. The number of esters is 1. The lowest BCUT2D eigenvalue weighted by molar-refractivity contribution is -0.157. The number of rotatable bonds is 6. The number of carbonyl (C=O) groups excluding carboxylic acids is 1. The molecule has 2 nitrogen and oxygen atoms in total. The summed E-state index contributed by atoms with van der Waals surface area (Å²) in [6.07, 6.45) is 5.87. The highest BCUT2D eigenvalue weighted by atomic mass is 28.3. The molecule has 0 bridgehead atoms. The molecule has 0 spiro atoms. The number of carbonyl (C=O) groups is 1. The molecule has 3 rings (SSSR count). The lowest BCUT2D eigenvalue weighted by Crippen LogP contribution is -2.36. The molecule has 0 unspecified atom stereocenters. The summed E-state index contributed by atoms with van der Waals surface area (Å²) in [6.45, 7) is 13.9. The zero-order valence-corrected chi connectivity index (χ0v) is 19.5. The van der Waals surface area contributed by atoms with E-state index in [1.54, 1.807) is 0 Å². The van der Waals surface area contributed by atoms with E-state index in [9.17, 15) is 4.79 Å². The zero-order chi connectivity index (χ0) is 20.5. The standard InChI is InChI=1S/C25H38O2Si/c1-17(2)20-13-12-18(3)16-22(20)27-25(26)24-21(14-15-28(4,5)6)23(24)19-10-8-7-9-11-19/h7-11,14-15,17-18,20-24H,12-13,16H2,1-6H3/b15-14+/t18-,20+,21+,22-,23-,24-/m1/s1. The molecule has 0 heterocycles. The van der Waals surface area contributed by atoms with Crippen molar-refractivity contribution in [1.82, 2.24) is 0 Å². The quantitative estimate of drug-likeness (QED) is 0.406. The number of allylic oxidation sites excluding steroid dienone is 1. The Labute approximate surface area is 172 Å². The molecule has 2 aliphatic carbocycles. The number of hydrogen-bond acceptors (Lipinski definition) is 2. The second kappa shape index (κ2) is 8.57. The molecule has 154 valence electrons. The van der Waals surface area contributed by atoms with Gasteiger partial charge >= 0.3 is 5.97 Å². The molecule has 0 saturated heterocycles. The van der Waals surface area contributed by atoms with E-state index < -0.39 is 8.07 Å². The fourth-order valence-corrected chi connectivity index (χ4v) is 5.66. The number of hydrogen-bond donors (Lipinski definition) is 0. The predicted molar refractivity (Wildman–Crippen MR) is 120 cm³/mol. The molecule has 0 amide bonds. The van der Waals surface area contributed by atoms with E-state index in [0.29, 0.717) is 23.7 Å². The molecule has 2 fully saturated rings. The highest BCUT2D eigenvalue weighted by Crippen LogP contribution is 2.56. The Hall–Kier alpha value is -1.35. The van der Waals surface area contributed by atoms with Crippen molar-refractivity contribution in [2.75, 3.05) is 0 Å². The molecule has 28 heavy (non-hydrogen) atoms. The molecule has 3 heteroatoms. The predicted octanol–water partition coefficient (Wildman–Crippen LogP) is 6.45. The Balaban J connectivity index is 1.75. The Kier molecular flexibility index (Phi) is 6.53. The normalized spacial score (nSPS) is 33.2. The molecule has 2 aliphatic rings. The Morgan fingerprint density at radius 2 is 1.82 bits per heavy atom. The van der Waals surface area contributed by atoms with Gasteiger partial charge in [0.15, 0.2) is 0 Å². The van der Waals surface area contributed by atoms with E-state index in [0.717, 1.165) is 6.42 Å². The van der Waals surface area contributed by atoms with Crippen LogP contribution in [0, 0.1) is 29.6 Å². The number of ether oxygens (including phenoxy) is 1. The zero-order valence-electron chi connectivity index (χ0n) is 18.5. The summed E-state index contributed by atoms with van der Waals surface area (Å²) in [4.78, 5) is 13.2. The van der Waals surface area contributed by atoms with Crippen molar-refractivity contribution in [2.45, 2.75) is 71.7 Å². The maximum absolute atomic E-state index is 13.2. The fourth-order valence-electron chi connectivity index (χ4n) is 4.86. The van der Waals surface area contributed by atoms with Gasteiger partial charge in [-0.1, -0.05) is 88.9 Å². The van der Waals surface area contributed by atoms with Crippen LogP contribution in [-0.4, -0.2) is 20.1 Å². The first kappa shape index (κ1) is 21.4. The lowest BCUT2D eigenvalue weighted by atomic mass is 9.75. The van der Waals surface area contributed by atoms with Gasteiger partial charge in [0.05, 0.1) is 14.0 Å². The van der Waals surface area contributed by atoms with Crippen molar-refractivity contribution in [3.8, 4) is 0 Å². The molecule has 0 N–H and O–H groups in total. The molecular formula is C25H38O2Si. The highest BCUT2D eigenvalue weighted by Gasteiger charge is 2.55. The summed E-state index contributed by atoms with van der Waals surface area (Å²) in [7, 11) is -1.29. The number of benzene rings is 1. The van der Waals surface area contributed by atoms with Crippen LogP contribution in [0.15, 0.2) is 42.1 Å². The van der Waals surface area contributed by atoms with E-state index in [1.807, 2.05) is 6.07 Å². The van der Waals surface area contributed by atoms with Gasteiger partial charge in [0, 0.05) is 5.92 Å². The van der Waals surface area contributed by atoms with Gasteiger partial charge in [-0.15, -0.1) is 0 Å². The van der Waals surface area contributed by atoms with E-state index in [-0.39, 0.29) is 23.9 Å². The van der Waals surface area contributed by atoms with E-state index in [1.165, 1.54) is 18.4 Å². The summed E-state index contributed by atoms with van der Waals surface area (Å²) in [5.41, 5.74) is 3.66. The second-order valence-electron chi connectivity index (χ2n) is 10.6. The Morgan fingerprint density at radius 3 is 2.43 bits per heavy atom. The first-order valence-electron chi connectivity index (χ1n) is 11.1. The maximum atomic E-state index is 13.2. The summed E-state index contributed by atoms with van der Waals surface area (Å²) < 4.78 is 6.21. The van der Waals surface area contributed by atoms with Gasteiger partial charge in [0.2, 0.25) is 0 Å². The summed E-state index contributed by atoms with van der Waals surface area (Å²) in [5.74, 6) is 2.31. The molecular weight excluding hydrogens is 360 g/mol. The van der Waals surface area contributed by atoms with Gasteiger partial charge in [0.25, 0.3) is 0 Å². The topological polar surface area (TPSA) is 26.3 Å². The van der Waals surface area contributed by atoms with E-state index in [4.69, 9.17) is 4.74 Å². The minimum Gasteiger partial charge on any atom is -0.462 e. The minimum absolute atomic E-state index is 0.0138. The van der Waals surface area contributed by atoms with Crippen LogP contribution in [0.3, 0.4) is 0 Å². The average Bonchev–Trinajstić information content (AvgIpc) is 3.34. The maximum Gasteiger partial charge on any atom is 0.310 e. The lowest BCUT2D eigenvalue weighted by Gasteiger charge is -2.36. The van der Waals surface area contributed by atoms with Crippen molar-refractivity contribution in [2.24, 2.45) is 29.6 Å². The first-order chi connectivity index (χ1) is 13.2. The third kappa shape index (κ3) is 5.17. The average molecular weight is 399 g/mol. The monoisotopic (exact) mass is 398 g/mol. The van der Waals surface area contributed by atoms with E-state index >= 15 is 0 Å². The molecule has 0 radical (unpaired) electrons. The van der Waals surface area contributed by atoms with Gasteiger partial charge in [-0.05, 0) is 42.1 Å². The fraction of sp³-hybridized carbons (Fsp3) is 0.640. The van der Waals surface area contributed by atoms with Crippen molar-refractivity contribution in [3.63, 3.8) is 0 Å².